The Balaban J connectivity index is 2.26. The zero-order valence-electron chi connectivity index (χ0n) is 9.14. The van der Waals surface area contributed by atoms with Gasteiger partial charge in [-0.05, 0) is 6.42 Å². The maximum atomic E-state index is 11.8. The van der Waals surface area contributed by atoms with Gasteiger partial charge < -0.3 is 11.1 Å². The quantitative estimate of drug-likeness (QED) is 0.636. The van der Waals surface area contributed by atoms with Gasteiger partial charge in [-0.25, -0.2) is 9.97 Å². The minimum atomic E-state index is -0.186. The lowest BCUT2D eigenvalue weighted by atomic mass is 10.3. The van der Waals surface area contributed by atoms with Gasteiger partial charge in [0.1, 0.15) is 15.2 Å². The number of hydrogen-bond donors (Lipinski definition) is 2. The van der Waals surface area contributed by atoms with Crippen LogP contribution in [0.15, 0.2) is 25.0 Å². The van der Waals surface area contributed by atoms with E-state index in [4.69, 9.17) is 5.73 Å². The van der Waals surface area contributed by atoms with Crippen LogP contribution in [0.25, 0.3) is 10.3 Å². The number of amides is 1. The van der Waals surface area contributed by atoms with E-state index < -0.39 is 0 Å². The van der Waals surface area contributed by atoms with E-state index in [0.29, 0.717) is 27.5 Å². The lowest BCUT2D eigenvalue weighted by molar-refractivity contribution is 0.0959. The molecule has 2 aromatic heterocycles. The number of thiophene rings is 1. The van der Waals surface area contributed by atoms with Crippen molar-refractivity contribution in [2.75, 3.05) is 12.3 Å². The first-order chi connectivity index (χ1) is 8.24. The Morgan fingerprint density at radius 3 is 3.00 bits per heavy atom. The van der Waals surface area contributed by atoms with Gasteiger partial charge in [-0.2, -0.15) is 0 Å². The molecule has 2 aromatic rings. The maximum Gasteiger partial charge on any atom is 0.263 e. The van der Waals surface area contributed by atoms with Crippen molar-refractivity contribution in [3.8, 4) is 0 Å². The predicted molar refractivity (Wildman–Crippen MR) is 69.0 cm³/mol. The Kier molecular flexibility index (Phi) is 3.34. The SMILES string of the molecule is C=CCCNC(=O)c1sc2nccnc2c1N. The van der Waals surface area contributed by atoms with Crippen LogP contribution in [0.2, 0.25) is 0 Å². The zero-order chi connectivity index (χ0) is 12.3. The summed E-state index contributed by atoms with van der Waals surface area (Å²) in [6.07, 6.45) is 5.62. The van der Waals surface area contributed by atoms with E-state index in [1.54, 1.807) is 18.5 Å². The molecule has 0 unspecified atom stereocenters. The molecule has 0 aliphatic heterocycles. The van der Waals surface area contributed by atoms with Crippen molar-refractivity contribution in [3.63, 3.8) is 0 Å². The highest BCUT2D eigenvalue weighted by molar-refractivity contribution is 7.21. The molecule has 0 aromatic carbocycles. The second-order valence-corrected chi connectivity index (χ2v) is 4.39. The summed E-state index contributed by atoms with van der Waals surface area (Å²) in [7, 11) is 0. The Hall–Kier alpha value is -1.95. The van der Waals surface area contributed by atoms with E-state index >= 15 is 0 Å². The monoisotopic (exact) mass is 248 g/mol. The van der Waals surface area contributed by atoms with Crippen LogP contribution in [-0.4, -0.2) is 22.4 Å². The summed E-state index contributed by atoms with van der Waals surface area (Å²) in [4.78, 5) is 21.2. The van der Waals surface area contributed by atoms with Gasteiger partial charge in [-0.1, -0.05) is 6.08 Å². The van der Waals surface area contributed by atoms with Crippen LogP contribution < -0.4 is 11.1 Å². The Bertz CT molecular complexity index is 564. The fraction of sp³-hybridized carbons (Fsp3) is 0.182. The van der Waals surface area contributed by atoms with Crippen molar-refractivity contribution in [1.82, 2.24) is 15.3 Å². The third kappa shape index (κ3) is 2.26. The molecule has 17 heavy (non-hydrogen) atoms. The molecule has 88 valence electrons. The minimum Gasteiger partial charge on any atom is -0.396 e. The van der Waals surface area contributed by atoms with Gasteiger partial charge in [0.25, 0.3) is 5.91 Å². The standard InChI is InChI=1S/C11H12N4OS/c1-2-3-4-14-10(16)9-7(12)8-11(17-9)15-6-5-13-8/h2,5-6H,1,3-4,12H2,(H,14,16). The minimum absolute atomic E-state index is 0.186. The van der Waals surface area contributed by atoms with Gasteiger partial charge in [0.15, 0.2) is 0 Å². The van der Waals surface area contributed by atoms with Crippen molar-refractivity contribution in [3.05, 3.63) is 29.9 Å². The van der Waals surface area contributed by atoms with Crippen molar-refractivity contribution < 1.29 is 4.79 Å². The van der Waals surface area contributed by atoms with E-state index in [0.717, 1.165) is 6.42 Å². The van der Waals surface area contributed by atoms with E-state index in [1.165, 1.54) is 11.3 Å². The molecule has 0 radical (unpaired) electrons. The van der Waals surface area contributed by atoms with Crippen LogP contribution in [0.1, 0.15) is 16.1 Å². The summed E-state index contributed by atoms with van der Waals surface area (Å²) in [5.41, 5.74) is 6.86. The van der Waals surface area contributed by atoms with Crippen LogP contribution in [0.4, 0.5) is 5.69 Å². The number of nitrogens with one attached hydrogen (secondary N) is 1. The number of nitrogens with two attached hydrogens (primary N) is 1. The Morgan fingerprint density at radius 2 is 2.29 bits per heavy atom. The van der Waals surface area contributed by atoms with Crippen molar-refractivity contribution in [2.45, 2.75) is 6.42 Å². The van der Waals surface area contributed by atoms with E-state index in [-0.39, 0.29) is 5.91 Å². The van der Waals surface area contributed by atoms with Gasteiger partial charge in [0.05, 0.1) is 5.69 Å². The molecule has 2 heterocycles. The maximum absolute atomic E-state index is 11.8. The molecule has 2 rings (SSSR count). The fourth-order valence-electron chi connectivity index (χ4n) is 1.38. The second-order valence-electron chi connectivity index (χ2n) is 3.39. The molecular weight excluding hydrogens is 236 g/mol. The molecule has 0 fully saturated rings. The first-order valence-electron chi connectivity index (χ1n) is 5.12. The average molecular weight is 248 g/mol. The summed E-state index contributed by atoms with van der Waals surface area (Å²) >= 11 is 1.25. The Morgan fingerprint density at radius 1 is 1.53 bits per heavy atom. The highest BCUT2D eigenvalue weighted by atomic mass is 32.1. The largest absolute Gasteiger partial charge is 0.396 e. The highest BCUT2D eigenvalue weighted by Gasteiger charge is 2.17. The van der Waals surface area contributed by atoms with Crippen LogP contribution in [0.3, 0.4) is 0 Å². The molecular formula is C11H12N4OS. The van der Waals surface area contributed by atoms with Gasteiger partial charge in [0, 0.05) is 18.9 Å². The molecule has 1 amide bonds. The van der Waals surface area contributed by atoms with Crippen LogP contribution in [0, 0.1) is 0 Å². The van der Waals surface area contributed by atoms with Crippen LogP contribution in [0.5, 0.6) is 0 Å². The second kappa shape index (κ2) is 4.92. The molecule has 3 N–H and O–H groups in total. The summed E-state index contributed by atoms with van der Waals surface area (Å²) in [6.45, 7) is 4.14. The third-order valence-electron chi connectivity index (χ3n) is 2.20. The van der Waals surface area contributed by atoms with E-state index in [2.05, 4.69) is 21.9 Å². The smallest absolute Gasteiger partial charge is 0.263 e. The number of hydrogen-bond acceptors (Lipinski definition) is 5. The van der Waals surface area contributed by atoms with E-state index in [9.17, 15) is 4.79 Å². The molecule has 0 spiro atoms. The number of rotatable bonds is 4. The first-order valence-corrected chi connectivity index (χ1v) is 5.93. The summed E-state index contributed by atoms with van der Waals surface area (Å²) < 4.78 is 0. The first kappa shape index (κ1) is 11.5. The van der Waals surface area contributed by atoms with Gasteiger partial charge >= 0.3 is 0 Å². The van der Waals surface area contributed by atoms with Crippen molar-refractivity contribution in [2.24, 2.45) is 0 Å². The van der Waals surface area contributed by atoms with E-state index in [1.807, 2.05) is 0 Å². The Labute approximate surface area is 102 Å². The molecule has 0 aliphatic carbocycles. The molecule has 0 bridgehead atoms. The molecule has 0 saturated heterocycles. The number of nitrogens with zero attached hydrogens (tertiary/aromatic N) is 2. The number of carbonyl (C=O) groups is 1. The number of carbonyl (C=O) groups excluding carboxylic acids is 1. The van der Waals surface area contributed by atoms with Crippen LogP contribution >= 0.6 is 11.3 Å². The van der Waals surface area contributed by atoms with Crippen molar-refractivity contribution >= 4 is 33.3 Å². The highest BCUT2D eigenvalue weighted by Crippen LogP contribution is 2.30. The summed E-state index contributed by atoms with van der Waals surface area (Å²) in [6, 6.07) is 0. The lowest BCUT2D eigenvalue weighted by Gasteiger charge is -2.01. The lowest BCUT2D eigenvalue weighted by Crippen LogP contribution is -2.23. The molecule has 6 heteroatoms. The fourth-order valence-corrected chi connectivity index (χ4v) is 2.32. The molecule has 5 nitrogen and oxygen atoms in total. The van der Waals surface area contributed by atoms with Gasteiger partial charge in [0.2, 0.25) is 0 Å². The molecule has 0 aliphatic rings. The normalized spacial score (nSPS) is 10.4. The predicted octanol–water partition coefficient (Wildman–Crippen LogP) is 1.58. The molecule has 0 saturated carbocycles. The zero-order valence-corrected chi connectivity index (χ0v) is 9.96. The number of fused-ring (bicyclic) bond motifs is 1. The average Bonchev–Trinajstić information content (AvgIpc) is 2.68. The number of anilines is 1. The topological polar surface area (TPSA) is 80.9 Å². The number of aromatic nitrogens is 2. The molecule has 0 atom stereocenters. The van der Waals surface area contributed by atoms with Crippen LogP contribution in [-0.2, 0) is 0 Å². The summed E-state index contributed by atoms with van der Waals surface area (Å²) in [5, 5.41) is 2.77. The third-order valence-corrected chi connectivity index (χ3v) is 3.30. The van der Waals surface area contributed by atoms with Gasteiger partial charge in [-0.15, -0.1) is 17.9 Å². The summed E-state index contributed by atoms with van der Waals surface area (Å²) in [5.74, 6) is -0.186. The van der Waals surface area contributed by atoms with Gasteiger partial charge in [-0.3, -0.25) is 4.79 Å². The van der Waals surface area contributed by atoms with Crippen molar-refractivity contribution in [1.29, 1.82) is 0 Å². The number of nitrogen functional groups attached to an aromatic ring is 1.